The number of carbonyl (C=O) groups excluding carboxylic acids is 2. The van der Waals surface area contributed by atoms with Gasteiger partial charge in [0.25, 0.3) is 5.91 Å². The van der Waals surface area contributed by atoms with Crippen LogP contribution in [0.25, 0.3) is 0 Å². The Hall–Kier alpha value is -3.06. The minimum absolute atomic E-state index is 0.149. The number of hydrogen-bond donors (Lipinski definition) is 2. The van der Waals surface area contributed by atoms with Crippen LogP contribution in [0.3, 0.4) is 0 Å². The summed E-state index contributed by atoms with van der Waals surface area (Å²) in [4.78, 5) is 27.3. The molecule has 0 aliphatic heterocycles. The number of anilines is 2. The van der Waals surface area contributed by atoms with Crippen LogP contribution in [0.1, 0.15) is 26.0 Å². The van der Waals surface area contributed by atoms with Crippen molar-refractivity contribution in [3.63, 3.8) is 0 Å². The van der Waals surface area contributed by atoms with Gasteiger partial charge in [-0.25, -0.2) is 0 Å². The lowest BCUT2D eigenvalue weighted by Gasteiger charge is -2.18. The fourth-order valence-corrected chi connectivity index (χ4v) is 5.10. The molecule has 0 aliphatic carbocycles. The van der Waals surface area contributed by atoms with Crippen molar-refractivity contribution in [2.45, 2.75) is 17.1 Å². The Morgan fingerprint density at radius 3 is 2.45 bits per heavy atom. The van der Waals surface area contributed by atoms with Gasteiger partial charge in [0, 0.05) is 21.3 Å². The molecule has 0 radical (unpaired) electrons. The quantitative estimate of drug-likeness (QED) is 0.264. The molecule has 1 unspecified atom stereocenters. The lowest BCUT2D eigenvalue weighted by atomic mass is 10.1. The molecule has 33 heavy (non-hydrogen) atoms. The number of rotatable bonds is 7. The smallest absolute Gasteiger partial charge is 0.265 e. The van der Waals surface area contributed by atoms with Crippen molar-refractivity contribution < 1.29 is 9.59 Å². The first-order chi connectivity index (χ1) is 16.0. The average molecular weight is 493 g/mol. The predicted molar refractivity (Wildman–Crippen MR) is 139 cm³/mol. The Balaban J connectivity index is 1.56. The van der Waals surface area contributed by atoms with Gasteiger partial charge in [-0.2, -0.15) is 0 Å². The van der Waals surface area contributed by atoms with Crippen molar-refractivity contribution in [3.8, 4) is 0 Å². The van der Waals surface area contributed by atoms with Crippen molar-refractivity contribution in [3.05, 3.63) is 111 Å². The summed E-state index contributed by atoms with van der Waals surface area (Å²) in [7, 11) is 0. The molecule has 4 rings (SSSR count). The van der Waals surface area contributed by atoms with E-state index in [-0.39, 0.29) is 11.8 Å². The van der Waals surface area contributed by atoms with Gasteiger partial charge in [0.15, 0.2) is 0 Å². The third kappa shape index (κ3) is 5.85. The molecule has 1 aromatic heterocycles. The van der Waals surface area contributed by atoms with Gasteiger partial charge in [-0.3, -0.25) is 9.59 Å². The predicted octanol–water partition coefficient (Wildman–Crippen LogP) is 7.43. The molecular weight excluding hydrogens is 472 g/mol. The maximum Gasteiger partial charge on any atom is 0.265 e. The number of carbonyl (C=O) groups is 2. The molecule has 3 aromatic carbocycles. The first-order valence-corrected chi connectivity index (χ1v) is 12.4. The third-order valence-electron chi connectivity index (χ3n) is 4.96. The summed E-state index contributed by atoms with van der Waals surface area (Å²) in [5.41, 5.74) is 3.07. The van der Waals surface area contributed by atoms with Crippen molar-refractivity contribution >= 4 is 57.9 Å². The monoisotopic (exact) mass is 492 g/mol. The number of amides is 2. The van der Waals surface area contributed by atoms with Crippen LogP contribution in [0.15, 0.2) is 95.2 Å². The molecule has 2 N–H and O–H groups in total. The van der Waals surface area contributed by atoms with Gasteiger partial charge in [0.2, 0.25) is 5.91 Å². The second kappa shape index (κ2) is 10.7. The molecule has 1 heterocycles. The summed E-state index contributed by atoms with van der Waals surface area (Å²) < 4.78 is 0. The number of thioether (sulfide) groups is 1. The molecule has 0 saturated heterocycles. The van der Waals surface area contributed by atoms with Crippen molar-refractivity contribution in [1.29, 1.82) is 0 Å². The van der Waals surface area contributed by atoms with Crippen LogP contribution in [-0.4, -0.2) is 11.8 Å². The summed E-state index contributed by atoms with van der Waals surface area (Å²) in [6.45, 7) is 1.88. The fourth-order valence-electron chi connectivity index (χ4n) is 3.23. The van der Waals surface area contributed by atoms with E-state index in [4.69, 9.17) is 11.6 Å². The minimum Gasteiger partial charge on any atom is -0.325 e. The van der Waals surface area contributed by atoms with Gasteiger partial charge < -0.3 is 10.6 Å². The standard InChI is InChI=1S/C26H21ClN2O2S2/c1-17-21(27)12-6-13-22(17)29-26(31)24(18-8-3-2-4-9-18)33-20-11-5-10-19(16-20)28-25(30)23-14-7-15-32-23/h2-16,24H,1H3,(H,28,30)(H,29,31). The van der Waals surface area contributed by atoms with Gasteiger partial charge in [-0.1, -0.05) is 60.1 Å². The van der Waals surface area contributed by atoms with Gasteiger partial charge in [-0.05, 0) is 59.8 Å². The lowest BCUT2D eigenvalue weighted by molar-refractivity contribution is -0.115. The van der Waals surface area contributed by atoms with Crippen LogP contribution >= 0.6 is 34.7 Å². The van der Waals surface area contributed by atoms with Crippen LogP contribution in [-0.2, 0) is 4.79 Å². The molecule has 0 spiro atoms. The largest absolute Gasteiger partial charge is 0.325 e. The summed E-state index contributed by atoms with van der Waals surface area (Å²) in [5.74, 6) is -0.300. The Labute approximate surface area is 206 Å². The highest BCUT2D eigenvalue weighted by Gasteiger charge is 2.23. The lowest BCUT2D eigenvalue weighted by Crippen LogP contribution is -2.19. The Kier molecular flexibility index (Phi) is 7.50. The third-order valence-corrected chi connectivity index (χ3v) is 7.48. The molecule has 7 heteroatoms. The SMILES string of the molecule is Cc1c(Cl)cccc1NC(=O)C(Sc1cccc(NC(=O)c2cccs2)c1)c1ccccc1. The zero-order valence-electron chi connectivity index (χ0n) is 17.7. The van der Waals surface area contributed by atoms with Gasteiger partial charge in [-0.15, -0.1) is 23.1 Å². The van der Waals surface area contributed by atoms with E-state index in [0.29, 0.717) is 21.3 Å². The van der Waals surface area contributed by atoms with Gasteiger partial charge in [0.05, 0.1) is 4.88 Å². The molecular formula is C26H21ClN2O2S2. The fraction of sp³-hybridized carbons (Fsp3) is 0.0769. The molecule has 166 valence electrons. The summed E-state index contributed by atoms with van der Waals surface area (Å²) in [6.07, 6.45) is 0. The average Bonchev–Trinajstić information content (AvgIpc) is 3.37. The Bertz CT molecular complexity index is 1260. The molecule has 0 bridgehead atoms. The van der Waals surface area contributed by atoms with Crippen molar-refractivity contribution in [1.82, 2.24) is 0 Å². The zero-order valence-corrected chi connectivity index (χ0v) is 20.1. The molecule has 4 nitrogen and oxygen atoms in total. The number of nitrogens with one attached hydrogen (secondary N) is 2. The summed E-state index contributed by atoms with van der Waals surface area (Å²) in [6, 6.07) is 26.2. The van der Waals surface area contributed by atoms with Crippen LogP contribution in [0.2, 0.25) is 5.02 Å². The van der Waals surface area contributed by atoms with Crippen LogP contribution in [0, 0.1) is 6.92 Å². The highest BCUT2D eigenvalue weighted by molar-refractivity contribution is 8.00. The molecule has 0 saturated carbocycles. The van der Waals surface area contributed by atoms with E-state index < -0.39 is 5.25 Å². The number of thiophene rings is 1. The van der Waals surface area contributed by atoms with E-state index in [1.54, 1.807) is 12.1 Å². The molecule has 0 aliphatic rings. The van der Waals surface area contributed by atoms with Gasteiger partial charge in [0.1, 0.15) is 5.25 Å². The second-order valence-electron chi connectivity index (χ2n) is 7.27. The van der Waals surface area contributed by atoms with E-state index in [1.165, 1.54) is 23.1 Å². The summed E-state index contributed by atoms with van der Waals surface area (Å²) in [5, 5.41) is 7.92. The number of benzene rings is 3. The van der Waals surface area contributed by atoms with Crippen molar-refractivity contribution in [2.24, 2.45) is 0 Å². The number of halogens is 1. The zero-order chi connectivity index (χ0) is 23.2. The molecule has 0 fully saturated rings. The number of hydrogen-bond acceptors (Lipinski definition) is 4. The van der Waals surface area contributed by atoms with Crippen LogP contribution in [0.4, 0.5) is 11.4 Å². The normalized spacial score (nSPS) is 11.6. The first kappa shape index (κ1) is 23.1. The van der Waals surface area contributed by atoms with E-state index in [0.717, 1.165) is 16.0 Å². The highest BCUT2D eigenvalue weighted by atomic mass is 35.5. The summed E-state index contributed by atoms with van der Waals surface area (Å²) >= 11 is 9.04. The van der Waals surface area contributed by atoms with E-state index in [2.05, 4.69) is 10.6 Å². The van der Waals surface area contributed by atoms with E-state index >= 15 is 0 Å². The Morgan fingerprint density at radius 2 is 1.70 bits per heavy atom. The first-order valence-electron chi connectivity index (χ1n) is 10.2. The highest BCUT2D eigenvalue weighted by Crippen LogP contribution is 2.37. The topological polar surface area (TPSA) is 58.2 Å². The van der Waals surface area contributed by atoms with Gasteiger partial charge >= 0.3 is 0 Å². The maximum absolute atomic E-state index is 13.4. The van der Waals surface area contributed by atoms with E-state index in [1.807, 2.05) is 85.1 Å². The van der Waals surface area contributed by atoms with Crippen LogP contribution < -0.4 is 10.6 Å². The van der Waals surface area contributed by atoms with E-state index in [9.17, 15) is 9.59 Å². The van der Waals surface area contributed by atoms with Crippen molar-refractivity contribution in [2.75, 3.05) is 10.6 Å². The molecule has 1 atom stereocenters. The molecule has 2 amide bonds. The Morgan fingerprint density at radius 1 is 0.909 bits per heavy atom. The minimum atomic E-state index is -0.493. The molecule has 4 aromatic rings. The second-order valence-corrected chi connectivity index (χ2v) is 9.80. The maximum atomic E-state index is 13.4. The van der Waals surface area contributed by atoms with Crippen LogP contribution in [0.5, 0.6) is 0 Å².